The van der Waals surface area contributed by atoms with Crippen LogP contribution in [-0.4, -0.2) is 37.7 Å². The van der Waals surface area contributed by atoms with E-state index >= 15 is 0 Å². The number of carbonyl (C=O) groups excluding carboxylic acids is 1. The number of hydrogen-bond acceptors (Lipinski definition) is 5. The lowest BCUT2D eigenvalue weighted by atomic mass is 10.5. The van der Waals surface area contributed by atoms with Crippen molar-refractivity contribution >= 4 is 17.2 Å². The van der Waals surface area contributed by atoms with Crippen LogP contribution in [0.2, 0.25) is 0 Å². The summed E-state index contributed by atoms with van der Waals surface area (Å²) >= 11 is 0.864. The van der Waals surface area contributed by atoms with Gasteiger partial charge in [-0.15, -0.1) is 11.3 Å². The van der Waals surface area contributed by atoms with Crippen LogP contribution in [0.4, 0.5) is 13.2 Å². The van der Waals surface area contributed by atoms with Crippen LogP contribution in [0.25, 0.3) is 0 Å². The van der Waals surface area contributed by atoms with Crippen LogP contribution in [0.1, 0.15) is 10.7 Å². The number of ether oxygens (including phenoxy) is 1. The molecule has 1 aromatic rings. The maximum absolute atomic E-state index is 12.3. The maximum atomic E-state index is 12.3. The zero-order chi connectivity index (χ0) is 14.3. The molecule has 0 saturated carbocycles. The summed E-state index contributed by atoms with van der Waals surface area (Å²) in [5, 5.41) is 6.45. The van der Waals surface area contributed by atoms with Gasteiger partial charge in [0.2, 0.25) is 5.91 Å². The lowest BCUT2D eigenvalue weighted by Crippen LogP contribution is -2.34. The number of methoxy groups -OCH3 is 1. The van der Waals surface area contributed by atoms with Gasteiger partial charge in [0, 0.05) is 19.0 Å². The smallest absolute Gasteiger partial charge is 0.383 e. The monoisotopic (exact) mass is 297 g/mol. The minimum Gasteiger partial charge on any atom is -0.383 e. The van der Waals surface area contributed by atoms with Gasteiger partial charge in [-0.25, -0.2) is 4.98 Å². The second kappa shape index (κ2) is 7.41. The second-order valence-corrected chi connectivity index (χ2v) is 4.51. The van der Waals surface area contributed by atoms with E-state index in [4.69, 9.17) is 4.74 Å². The molecule has 108 valence electrons. The topological polar surface area (TPSA) is 63.2 Å². The molecule has 0 aromatic carbocycles. The number of hydrogen-bond donors (Lipinski definition) is 2. The van der Waals surface area contributed by atoms with Gasteiger partial charge in [-0.3, -0.25) is 4.79 Å². The summed E-state index contributed by atoms with van der Waals surface area (Å²) < 4.78 is 41.6. The van der Waals surface area contributed by atoms with Crippen LogP contribution in [0.15, 0.2) is 5.38 Å². The third-order valence-corrected chi connectivity index (χ3v) is 2.90. The van der Waals surface area contributed by atoms with Gasteiger partial charge in [-0.1, -0.05) is 0 Å². The van der Waals surface area contributed by atoms with Gasteiger partial charge >= 0.3 is 6.18 Å². The van der Waals surface area contributed by atoms with E-state index in [9.17, 15) is 18.0 Å². The SMILES string of the molecule is COCCNCC(=O)NCc1nc(C(F)(F)F)cs1. The molecule has 0 spiro atoms. The molecule has 0 aliphatic heterocycles. The standard InChI is InChI=1S/C10H14F3N3O2S/c1-18-3-2-14-4-8(17)15-5-9-16-7(6-19-9)10(11,12)13/h6,14H,2-5H2,1H3,(H,15,17). The van der Waals surface area contributed by atoms with Crippen molar-refractivity contribution in [3.05, 3.63) is 16.1 Å². The summed E-state index contributed by atoms with van der Waals surface area (Å²) in [6.07, 6.45) is -4.44. The molecule has 0 radical (unpaired) electrons. The number of carbonyl (C=O) groups is 1. The highest BCUT2D eigenvalue weighted by Crippen LogP contribution is 2.29. The number of nitrogens with zero attached hydrogens (tertiary/aromatic N) is 1. The molecule has 0 aliphatic rings. The number of aromatic nitrogens is 1. The van der Waals surface area contributed by atoms with Gasteiger partial charge in [-0.2, -0.15) is 13.2 Å². The quantitative estimate of drug-likeness (QED) is 0.738. The zero-order valence-electron chi connectivity index (χ0n) is 10.2. The van der Waals surface area contributed by atoms with Crippen LogP contribution < -0.4 is 10.6 Å². The lowest BCUT2D eigenvalue weighted by Gasteiger charge is -2.05. The largest absolute Gasteiger partial charge is 0.434 e. The van der Waals surface area contributed by atoms with Crippen LogP contribution in [0.5, 0.6) is 0 Å². The molecule has 5 nitrogen and oxygen atoms in total. The molecular formula is C10H14F3N3O2S. The number of thiazole rings is 1. The van der Waals surface area contributed by atoms with E-state index in [1.807, 2.05) is 0 Å². The Kier molecular flexibility index (Phi) is 6.19. The Bertz CT molecular complexity index is 409. The molecule has 9 heteroatoms. The van der Waals surface area contributed by atoms with Crippen molar-refractivity contribution < 1.29 is 22.7 Å². The fourth-order valence-electron chi connectivity index (χ4n) is 1.14. The predicted octanol–water partition coefficient (Wildman–Crippen LogP) is 1.01. The van der Waals surface area contributed by atoms with E-state index in [1.165, 1.54) is 0 Å². The Morgan fingerprint density at radius 3 is 2.84 bits per heavy atom. The van der Waals surface area contributed by atoms with E-state index in [0.29, 0.717) is 13.2 Å². The maximum Gasteiger partial charge on any atom is 0.434 e. The van der Waals surface area contributed by atoms with Gasteiger partial charge < -0.3 is 15.4 Å². The van der Waals surface area contributed by atoms with E-state index in [-0.39, 0.29) is 24.0 Å². The van der Waals surface area contributed by atoms with E-state index in [1.54, 1.807) is 7.11 Å². The zero-order valence-corrected chi connectivity index (χ0v) is 11.0. The Morgan fingerprint density at radius 2 is 2.26 bits per heavy atom. The highest BCUT2D eigenvalue weighted by Gasteiger charge is 2.33. The van der Waals surface area contributed by atoms with Crippen molar-refractivity contribution in [2.24, 2.45) is 0 Å². The molecule has 2 N–H and O–H groups in total. The van der Waals surface area contributed by atoms with E-state index < -0.39 is 11.9 Å². The van der Waals surface area contributed by atoms with Crippen molar-refractivity contribution in [3.63, 3.8) is 0 Å². The van der Waals surface area contributed by atoms with Crippen molar-refractivity contribution in [1.29, 1.82) is 0 Å². The van der Waals surface area contributed by atoms with Gasteiger partial charge in [-0.05, 0) is 0 Å². The third-order valence-electron chi connectivity index (χ3n) is 2.05. The van der Waals surface area contributed by atoms with Crippen LogP contribution in [0, 0.1) is 0 Å². The summed E-state index contributed by atoms with van der Waals surface area (Å²) in [5.74, 6) is -0.306. The molecule has 0 atom stereocenters. The Morgan fingerprint density at radius 1 is 1.53 bits per heavy atom. The fraction of sp³-hybridized carbons (Fsp3) is 0.600. The summed E-state index contributed by atoms with van der Waals surface area (Å²) in [5.41, 5.74) is -0.931. The summed E-state index contributed by atoms with van der Waals surface area (Å²) in [4.78, 5) is 14.7. The van der Waals surface area contributed by atoms with Crippen molar-refractivity contribution in [3.8, 4) is 0 Å². The van der Waals surface area contributed by atoms with Crippen molar-refractivity contribution in [2.45, 2.75) is 12.7 Å². The summed E-state index contributed by atoms with van der Waals surface area (Å²) in [6, 6.07) is 0. The second-order valence-electron chi connectivity index (χ2n) is 3.57. The number of nitrogens with one attached hydrogen (secondary N) is 2. The first-order chi connectivity index (χ1) is 8.93. The number of rotatable bonds is 7. The van der Waals surface area contributed by atoms with Crippen molar-refractivity contribution in [2.75, 3.05) is 26.8 Å². The van der Waals surface area contributed by atoms with E-state index in [2.05, 4.69) is 15.6 Å². The minimum atomic E-state index is -4.44. The molecule has 1 aromatic heterocycles. The molecule has 1 amide bonds. The minimum absolute atomic E-state index is 0.00840. The average molecular weight is 297 g/mol. The first kappa shape index (κ1) is 15.9. The molecule has 0 fully saturated rings. The molecule has 19 heavy (non-hydrogen) atoms. The van der Waals surface area contributed by atoms with Crippen LogP contribution in [-0.2, 0) is 22.3 Å². The highest BCUT2D eigenvalue weighted by atomic mass is 32.1. The molecule has 1 rings (SSSR count). The molecular weight excluding hydrogens is 283 g/mol. The number of amides is 1. The number of halogens is 3. The normalized spacial score (nSPS) is 11.6. The Hall–Kier alpha value is -1.19. The molecule has 0 bridgehead atoms. The third kappa shape index (κ3) is 5.99. The predicted molar refractivity (Wildman–Crippen MR) is 63.7 cm³/mol. The van der Waals surface area contributed by atoms with Gasteiger partial charge in [0.05, 0.1) is 19.7 Å². The first-order valence-electron chi connectivity index (χ1n) is 5.41. The molecule has 0 saturated heterocycles. The lowest BCUT2D eigenvalue weighted by molar-refractivity contribution is -0.140. The molecule has 0 aliphatic carbocycles. The summed E-state index contributed by atoms with van der Waals surface area (Å²) in [7, 11) is 1.54. The van der Waals surface area contributed by atoms with Crippen molar-refractivity contribution in [1.82, 2.24) is 15.6 Å². The molecule has 0 unspecified atom stereocenters. The van der Waals surface area contributed by atoms with E-state index in [0.717, 1.165) is 16.7 Å². The van der Waals surface area contributed by atoms with Crippen LogP contribution in [0.3, 0.4) is 0 Å². The van der Waals surface area contributed by atoms with Gasteiger partial charge in [0.15, 0.2) is 5.69 Å². The highest BCUT2D eigenvalue weighted by molar-refractivity contribution is 7.09. The summed E-state index contributed by atoms with van der Waals surface area (Å²) in [6.45, 7) is 1.08. The van der Waals surface area contributed by atoms with Gasteiger partial charge in [0.1, 0.15) is 5.01 Å². The fourth-order valence-corrected chi connectivity index (χ4v) is 1.88. The Balaban J connectivity index is 2.28. The van der Waals surface area contributed by atoms with Gasteiger partial charge in [0.25, 0.3) is 0 Å². The first-order valence-corrected chi connectivity index (χ1v) is 6.29. The Labute approximate surface area is 112 Å². The number of alkyl halides is 3. The average Bonchev–Trinajstić information content (AvgIpc) is 2.81. The molecule has 1 heterocycles. The van der Waals surface area contributed by atoms with Crippen LogP contribution >= 0.6 is 11.3 Å².